The molecule has 67 heavy (non-hydrogen) atoms. The largest absolute Gasteiger partial charge is 0.462 e. The van der Waals surface area contributed by atoms with Crippen molar-refractivity contribution in [1.29, 1.82) is 0 Å². The standard InChI is InChI=1S/C61H112O6/c1-4-7-10-13-16-19-22-24-26-27-28-29-30-31-32-33-34-36-37-39-42-45-48-51-54-60(63)66-57-58(56-65-59(62)53-50-47-44-41-21-18-15-12-9-6-3)67-61(64)55-52-49-46-43-40-38-35-25-23-20-17-14-11-8-5-2/h12,15,17,20,25,35,58H,4-11,13-14,16,18-19,21-24,26-34,36-57H2,1-3H3/b15-12-,20-17-,35-25-. The van der Waals surface area contributed by atoms with E-state index in [1.54, 1.807) is 0 Å². The van der Waals surface area contributed by atoms with E-state index in [4.69, 9.17) is 14.2 Å². The van der Waals surface area contributed by atoms with Crippen LogP contribution < -0.4 is 0 Å². The average molecular weight is 942 g/mol. The number of allylic oxidation sites excluding steroid dienone is 6. The number of rotatable bonds is 54. The van der Waals surface area contributed by atoms with Gasteiger partial charge in [-0.3, -0.25) is 14.4 Å². The Balaban J connectivity index is 4.19. The first-order valence-electron chi connectivity index (χ1n) is 29.5. The molecule has 0 rings (SSSR count). The Hall–Kier alpha value is -2.37. The molecule has 0 aromatic heterocycles. The molecular formula is C61H112O6. The van der Waals surface area contributed by atoms with Crippen LogP contribution in [0, 0.1) is 0 Å². The predicted octanol–water partition coefficient (Wildman–Crippen LogP) is 19.7. The smallest absolute Gasteiger partial charge is 0.306 e. The van der Waals surface area contributed by atoms with E-state index in [0.717, 1.165) is 96.3 Å². The normalized spacial score (nSPS) is 12.2. The predicted molar refractivity (Wildman–Crippen MR) is 289 cm³/mol. The molecule has 392 valence electrons. The van der Waals surface area contributed by atoms with Crippen LogP contribution in [0.2, 0.25) is 0 Å². The van der Waals surface area contributed by atoms with Gasteiger partial charge in [-0.25, -0.2) is 0 Å². The fraction of sp³-hybridized carbons (Fsp3) is 0.852. The van der Waals surface area contributed by atoms with Crippen LogP contribution in [0.1, 0.15) is 316 Å². The summed E-state index contributed by atoms with van der Waals surface area (Å²) in [7, 11) is 0. The third kappa shape index (κ3) is 54.4. The van der Waals surface area contributed by atoms with Crippen LogP contribution in [0.25, 0.3) is 0 Å². The maximum atomic E-state index is 12.8. The summed E-state index contributed by atoms with van der Waals surface area (Å²) in [6.07, 6.45) is 67.3. The van der Waals surface area contributed by atoms with Crippen molar-refractivity contribution in [3.05, 3.63) is 36.5 Å². The first-order chi connectivity index (χ1) is 33.0. The van der Waals surface area contributed by atoms with Gasteiger partial charge in [0.25, 0.3) is 0 Å². The molecule has 0 radical (unpaired) electrons. The minimum absolute atomic E-state index is 0.0773. The van der Waals surface area contributed by atoms with Crippen LogP contribution in [0.15, 0.2) is 36.5 Å². The lowest BCUT2D eigenvalue weighted by molar-refractivity contribution is -0.167. The van der Waals surface area contributed by atoms with Crippen molar-refractivity contribution in [3.63, 3.8) is 0 Å². The molecule has 1 unspecified atom stereocenters. The van der Waals surface area contributed by atoms with E-state index < -0.39 is 6.10 Å². The Kier molecular flexibility index (Phi) is 54.2. The topological polar surface area (TPSA) is 78.9 Å². The minimum atomic E-state index is -0.779. The fourth-order valence-electron chi connectivity index (χ4n) is 8.65. The number of hydrogen-bond acceptors (Lipinski definition) is 6. The van der Waals surface area contributed by atoms with Crippen molar-refractivity contribution >= 4 is 17.9 Å². The number of hydrogen-bond donors (Lipinski definition) is 0. The molecule has 6 heteroatoms. The Bertz CT molecular complexity index is 1130. The number of carbonyl (C=O) groups excluding carboxylic acids is 3. The lowest BCUT2D eigenvalue weighted by Gasteiger charge is -2.18. The molecule has 0 spiro atoms. The molecule has 0 fully saturated rings. The highest BCUT2D eigenvalue weighted by atomic mass is 16.6. The molecule has 6 nitrogen and oxygen atoms in total. The van der Waals surface area contributed by atoms with Gasteiger partial charge in [-0.15, -0.1) is 0 Å². The molecule has 0 saturated carbocycles. The molecule has 0 heterocycles. The molecule has 0 aliphatic heterocycles. The second kappa shape index (κ2) is 56.2. The van der Waals surface area contributed by atoms with Gasteiger partial charge in [0, 0.05) is 19.3 Å². The molecule has 0 aromatic rings. The first-order valence-corrected chi connectivity index (χ1v) is 29.5. The minimum Gasteiger partial charge on any atom is -0.462 e. The van der Waals surface area contributed by atoms with Crippen molar-refractivity contribution in [2.75, 3.05) is 13.2 Å². The van der Waals surface area contributed by atoms with Crippen molar-refractivity contribution < 1.29 is 28.6 Å². The summed E-state index contributed by atoms with van der Waals surface area (Å²) in [5.41, 5.74) is 0. The lowest BCUT2D eigenvalue weighted by Crippen LogP contribution is -2.30. The van der Waals surface area contributed by atoms with Crippen molar-refractivity contribution in [3.8, 4) is 0 Å². The quantitative estimate of drug-likeness (QED) is 0.0262. The molecule has 1 atom stereocenters. The zero-order valence-electron chi connectivity index (χ0n) is 44.9. The number of esters is 3. The summed E-state index contributed by atoms with van der Waals surface area (Å²) < 4.78 is 16.8. The summed E-state index contributed by atoms with van der Waals surface area (Å²) in [4.78, 5) is 38.0. The van der Waals surface area contributed by atoms with Crippen LogP contribution >= 0.6 is 0 Å². The molecule has 0 amide bonds. The van der Waals surface area contributed by atoms with Crippen LogP contribution in [0.5, 0.6) is 0 Å². The van der Waals surface area contributed by atoms with E-state index in [9.17, 15) is 14.4 Å². The highest BCUT2D eigenvalue weighted by molar-refractivity contribution is 5.71. The van der Waals surface area contributed by atoms with Crippen molar-refractivity contribution in [1.82, 2.24) is 0 Å². The van der Waals surface area contributed by atoms with E-state index in [-0.39, 0.29) is 31.1 Å². The van der Waals surface area contributed by atoms with Gasteiger partial charge in [0.1, 0.15) is 13.2 Å². The summed E-state index contributed by atoms with van der Waals surface area (Å²) >= 11 is 0. The molecule has 0 saturated heterocycles. The number of carbonyl (C=O) groups is 3. The molecule has 0 aliphatic rings. The van der Waals surface area contributed by atoms with Gasteiger partial charge in [-0.05, 0) is 70.6 Å². The van der Waals surface area contributed by atoms with Gasteiger partial charge in [-0.1, -0.05) is 263 Å². The van der Waals surface area contributed by atoms with Gasteiger partial charge in [0.2, 0.25) is 0 Å². The Morgan fingerprint density at radius 2 is 0.567 bits per heavy atom. The van der Waals surface area contributed by atoms with Crippen molar-refractivity contribution in [2.45, 2.75) is 322 Å². The van der Waals surface area contributed by atoms with Crippen LogP contribution in [-0.4, -0.2) is 37.2 Å². The zero-order valence-corrected chi connectivity index (χ0v) is 44.9. The molecular weight excluding hydrogens is 829 g/mol. The van der Waals surface area contributed by atoms with E-state index >= 15 is 0 Å². The number of unbranched alkanes of at least 4 members (excludes halogenated alkanes) is 37. The second-order valence-electron chi connectivity index (χ2n) is 19.9. The average Bonchev–Trinajstić information content (AvgIpc) is 3.33. The van der Waals surface area contributed by atoms with Gasteiger partial charge < -0.3 is 14.2 Å². The summed E-state index contributed by atoms with van der Waals surface area (Å²) in [5, 5.41) is 0. The molecule has 0 aromatic carbocycles. The van der Waals surface area contributed by atoms with Gasteiger partial charge >= 0.3 is 17.9 Å². The maximum absolute atomic E-state index is 12.8. The monoisotopic (exact) mass is 941 g/mol. The van der Waals surface area contributed by atoms with E-state index in [0.29, 0.717) is 19.3 Å². The van der Waals surface area contributed by atoms with E-state index in [1.807, 2.05) is 0 Å². The molecule has 0 N–H and O–H groups in total. The van der Waals surface area contributed by atoms with Crippen LogP contribution in [0.3, 0.4) is 0 Å². The fourth-order valence-corrected chi connectivity index (χ4v) is 8.65. The van der Waals surface area contributed by atoms with Gasteiger partial charge in [-0.2, -0.15) is 0 Å². The maximum Gasteiger partial charge on any atom is 0.306 e. The number of ether oxygens (including phenoxy) is 3. The van der Waals surface area contributed by atoms with Crippen molar-refractivity contribution in [2.24, 2.45) is 0 Å². The summed E-state index contributed by atoms with van der Waals surface area (Å²) in [5.74, 6) is -0.887. The van der Waals surface area contributed by atoms with E-state index in [2.05, 4.69) is 57.2 Å². The third-order valence-electron chi connectivity index (χ3n) is 13.1. The SMILES string of the molecule is CCC/C=C\CCCCCCCC(=O)OCC(COC(=O)CCCCCCCCCCCCCCCCCCCCCCCCCC)OC(=O)CCCCCCC/C=C\C/C=C\CCCCC. The lowest BCUT2D eigenvalue weighted by atomic mass is 10.0. The molecule has 0 aliphatic carbocycles. The summed E-state index contributed by atoms with van der Waals surface area (Å²) in [6, 6.07) is 0. The Morgan fingerprint density at radius 1 is 0.299 bits per heavy atom. The highest BCUT2D eigenvalue weighted by Crippen LogP contribution is 2.17. The zero-order chi connectivity index (χ0) is 48.6. The third-order valence-corrected chi connectivity index (χ3v) is 13.1. The van der Waals surface area contributed by atoms with Gasteiger partial charge in [0.15, 0.2) is 6.10 Å². The molecule has 0 bridgehead atoms. The summed E-state index contributed by atoms with van der Waals surface area (Å²) in [6.45, 7) is 6.57. The van der Waals surface area contributed by atoms with E-state index in [1.165, 1.54) is 180 Å². The highest BCUT2D eigenvalue weighted by Gasteiger charge is 2.19. The Morgan fingerprint density at radius 3 is 0.925 bits per heavy atom. The van der Waals surface area contributed by atoms with Gasteiger partial charge in [0.05, 0.1) is 0 Å². The van der Waals surface area contributed by atoms with Crippen LogP contribution in [0.4, 0.5) is 0 Å². The Labute approximate surface area is 416 Å². The van der Waals surface area contributed by atoms with Crippen LogP contribution in [-0.2, 0) is 28.6 Å². The second-order valence-corrected chi connectivity index (χ2v) is 19.9. The first kappa shape index (κ1) is 64.6.